The van der Waals surface area contributed by atoms with Crippen LogP contribution in [0.2, 0.25) is 0 Å². The highest BCUT2D eigenvalue weighted by Gasteiger charge is 2.20. The summed E-state index contributed by atoms with van der Waals surface area (Å²) < 4.78 is 22.6. The molecule has 2 rings (SSSR count). The highest BCUT2D eigenvalue weighted by Crippen LogP contribution is 2.22. The number of nitrogens with one attached hydrogen (secondary N) is 2. The Morgan fingerprint density at radius 2 is 1.68 bits per heavy atom. The highest BCUT2D eigenvalue weighted by molar-refractivity contribution is 7.89. The molecule has 0 aliphatic heterocycles. The van der Waals surface area contributed by atoms with Gasteiger partial charge in [-0.2, -0.15) is 0 Å². The van der Waals surface area contributed by atoms with E-state index in [2.05, 4.69) is 36.6 Å². The molecule has 6 nitrogen and oxygen atoms in total. The van der Waals surface area contributed by atoms with Gasteiger partial charge in [0.25, 0.3) is 0 Å². The minimum Gasteiger partial charge on any atom is -0.357 e. The van der Waals surface area contributed by atoms with Gasteiger partial charge in [0, 0.05) is 18.5 Å². The molecule has 0 unspecified atom stereocenters. The van der Waals surface area contributed by atoms with Crippen molar-refractivity contribution in [3.63, 3.8) is 0 Å². The number of rotatable bonds is 8. The molecule has 0 aromatic heterocycles. The fourth-order valence-corrected chi connectivity index (χ4v) is 3.29. The number of hydrogen-bond donors (Lipinski definition) is 3. The van der Waals surface area contributed by atoms with Crippen molar-refractivity contribution >= 4 is 16.0 Å². The molecule has 28 heavy (non-hydrogen) atoms. The predicted molar refractivity (Wildman–Crippen MR) is 115 cm³/mol. The van der Waals surface area contributed by atoms with Crippen molar-refractivity contribution in [1.82, 2.24) is 10.6 Å². The van der Waals surface area contributed by atoms with E-state index in [9.17, 15) is 8.42 Å². The second kappa shape index (κ2) is 9.71. The van der Waals surface area contributed by atoms with E-state index in [1.807, 2.05) is 25.1 Å². The van der Waals surface area contributed by atoms with Crippen molar-refractivity contribution in [1.29, 1.82) is 0 Å². The van der Waals surface area contributed by atoms with Crippen LogP contribution in [0.5, 0.6) is 0 Å². The van der Waals surface area contributed by atoms with E-state index >= 15 is 0 Å². The van der Waals surface area contributed by atoms with E-state index in [-0.39, 0.29) is 10.3 Å². The normalized spacial score (nSPS) is 12.6. The van der Waals surface area contributed by atoms with Crippen molar-refractivity contribution in [2.45, 2.75) is 37.5 Å². The molecule has 0 fully saturated rings. The first-order valence-electron chi connectivity index (χ1n) is 9.42. The van der Waals surface area contributed by atoms with Gasteiger partial charge in [-0.05, 0) is 36.6 Å². The van der Waals surface area contributed by atoms with Gasteiger partial charge in [-0.15, -0.1) is 0 Å². The summed E-state index contributed by atoms with van der Waals surface area (Å²) in [5.74, 6) is 0.771. The molecule has 0 bridgehead atoms. The first-order valence-corrected chi connectivity index (χ1v) is 11.0. The first kappa shape index (κ1) is 21.9. The van der Waals surface area contributed by atoms with E-state index in [4.69, 9.17) is 10.1 Å². The number of hydrogen-bond acceptors (Lipinski definition) is 3. The van der Waals surface area contributed by atoms with Crippen LogP contribution in [0.25, 0.3) is 0 Å². The molecule has 0 aliphatic carbocycles. The summed E-state index contributed by atoms with van der Waals surface area (Å²) in [4.78, 5) is 4.86. The van der Waals surface area contributed by atoms with Gasteiger partial charge in [-0.3, -0.25) is 4.99 Å². The summed E-state index contributed by atoms with van der Waals surface area (Å²) >= 11 is 0. The Balaban J connectivity index is 1.94. The molecule has 7 heteroatoms. The van der Waals surface area contributed by atoms with Gasteiger partial charge in [0.05, 0.1) is 11.4 Å². The monoisotopic (exact) mass is 402 g/mol. The van der Waals surface area contributed by atoms with E-state index in [1.165, 1.54) is 17.7 Å². The number of aliphatic imine (C=N–C) groups is 1. The Morgan fingerprint density at radius 1 is 1.04 bits per heavy atom. The number of nitrogens with two attached hydrogens (primary N) is 1. The number of guanidine groups is 1. The van der Waals surface area contributed by atoms with Gasteiger partial charge in [0.1, 0.15) is 0 Å². The van der Waals surface area contributed by atoms with Gasteiger partial charge in [0.15, 0.2) is 5.96 Å². The molecule has 0 radical (unpaired) electrons. The number of benzene rings is 2. The molecule has 4 N–H and O–H groups in total. The zero-order valence-corrected chi connectivity index (χ0v) is 17.6. The number of sulfonamides is 1. The van der Waals surface area contributed by atoms with Crippen LogP contribution in [0.1, 0.15) is 31.9 Å². The summed E-state index contributed by atoms with van der Waals surface area (Å²) in [6, 6.07) is 17.0. The number of nitrogens with zero attached hydrogens (tertiary/aromatic N) is 1. The topological polar surface area (TPSA) is 96.6 Å². The van der Waals surface area contributed by atoms with Crippen LogP contribution in [0.15, 0.2) is 64.5 Å². The van der Waals surface area contributed by atoms with Crippen molar-refractivity contribution in [2.24, 2.45) is 10.1 Å². The van der Waals surface area contributed by atoms with Crippen LogP contribution in [0.4, 0.5) is 0 Å². The summed E-state index contributed by atoms with van der Waals surface area (Å²) in [5.41, 5.74) is 2.22. The van der Waals surface area contributed by atoms with E-state index < -0.39 is 10.0 Å². The Bertz CT molecular complexity index is 876. The van der Waals surface area contributed by atoms with E-state index in [1.54, 1.807) is 12.1 Å². The molecule has 0 amide bonds. The van der Waals surface area contributed by atoms with Crippen molar-refractivity contribution in [2.75, 3.05) is 19.6 Å². The molecule has 152 valence electrons. The Labute approximate surface area is 168 Å². The Kier molecular flexibility index (Phi) is 7.60. The summed E-state index contributed by atoms with van der Waals surface area (Å²) in [7, 11) is -3.65. The largest absolute Gasteiger partial charge is 0.357 e. The molecule has 0 saturated carbocycles. The van der Waals surface area contributed by atoms with Crippen LogP contribution in [0, 0.1) is 0 Å². The fourth-order valence-electron chi connectivity index (χ4n) is 2.77. The van der Waals surface area contributed by atoms with Crippen molar-refractivity contribution in [3.8, 4) is 0 Å². The highest BCUT2D eigenvalue weighted by atomic mass is 32.2. The third kappa shape index (κ3) is 6.65. The molecule has 0 heterocycles. The summed E-state index contributed by atoms with van der Waals surface area (Å²) in [6.07, 6.45) is 0.747. The molecular formula is C21H30N4O2S. The van der Waals surface area contributed by atoms with Crippen LogP contribution >= 0.6 is 0 Å². The van der Waals surface area contributed by atoms with Gasteiger partial charge in [0.2, 0.25) is 10.0 Å². The lowest BCUT2D eigenvalue weighted by Gasteiger charge is -2.24. The van der Waals surface area contributed by atoms with Gasteiger partial charge in [-0.25, -0.2) is 13.6 Å². The van der Waals surface area contributed by atoms with Gasteiger partial charge < -0.3 is 10.6 Å². The van der Waals surface area contributed by atoms with Crippen LogP contribution < -0.4 is 15.8 Å². The fraction of sp³-hybridized carbons (Fsp3) is 0.381. The van der Waals surface area contributed by atoms with Gasteiger partial charge in [-0.1, -0.05) is 56.3 Å². The molecular weight excluding hydrogens is 372 g/mol. The maximum atomic E-state index is 11.3. The minimum absolute atomic E-state index is 0.0623. The lowest BCUT2D eigenvalue weighted by atomic mass is 9.85. The molecule has 0 spiro atoms. The van der Waals surface area contributed by atoms with Crippen molar-refractivity contribution in [3.05, 3.63) is 65.7 Å². The molecule has 0 aliphatic rings. The summed E-state index contributed by atoms with van der Waals surface area (Å²) in [6.45, 7) is 8.53. The van der Waals surface area contributed by atoms with E-state index in [0.29, 0.717) is 13.1 Å². The standard InChI is InChI=1S/C21H30N4O2S/c1-4-23-20(25-16-21(2,3)18-8-6-5-7-9-18)24-15-14-17-10-12-19(13-11-17)28(22,26)27/h5-13H,4,14-16H2,1-3H3,(H2,22,26,27)(H2,23,24,25). The van der Waals surface area contributed by atoms with Crippen LogP contribution in [-0.2, 0) is 21.9 Å². The van der Waals surface area contributed by atoms with E-state index in [0.717, 1.165) is 24.5 Å². The minimum atomic E-state index is -3.65. The SMILES string of the molecule is CCNC(=NCC(C)(C)c1ccccc1)NCCc1ccc(S(N)(=O)=O)cc1. The lowest BCUT2D eigenvalue weighted by molar-refractivity contribution is 0.537. The second-order valence-electron chi connectivity index (χ2n) is 7.31. The Hall–Kier alpha value is -2.38. The average molecular weight is 403 g/mol. The smallest absolute Gasteiger partial charge is 0.238 e. The zero-order valence-electron chi connectivity index (χ0n) is 16.8. The van der Waals surface area contributed by atoms with Gasteiger partial charge >= 0.3 is 0 Å². The molecule has 2 aromatic rings. The average Bonchev–Trinajstić information content (AvgIpc) is 2.66. The third-order valence-electron chi connectivity index (χ3n) is 4.49. The number of primary sulfonamides is 1. The zero-order chi connectivity index (χ0) is 20.6. The molecule has 0 saturated heterocycles. The third-order valence-corrected chi connectivity index (χ3v) is 5.42. The maximum Gasteiger partial charge on any atom is 0.238 e. The van der Waals surface area contributed by atoms with Crippen LogP contribution in [0.3, 0.4) is 0 Å². The quantitative estimate of drug-likeness (QED) is 0.467. The first-order chi connectivity index (χ1) is 13.2. The molecule has 0 atom stereocenters. The van der Waals surface area contributed by atoms with Crippen LogP contribution in [-0.4, -0.2) is 34.0 Å². The van der Waals surface area contributed by atoms with Crippen molar-refractivity contribution < 1.29 is 8.42 Å². The predicted octanol–water partition coefficient (Wildman–Crippen LogP) is 2.41. The summed E-state index contributed by atoms with van der Waals surface area (Å²) in [5, 5.41) is 11.7. The molecule has 2 aromatic carbocycles. The Morgan fingerprint density at radius 3 is 2.25 bits per heavy atom. The second-order valence-corrected chi connectivity index (χ2v) is 8.87. The lowest BCUT2D eigenvalue weighted by Crippen LogP contribution is -2.39. The maximum absolute atomic E-state index is 11.3.